The largest absolute Gasteiger partial charge is 0.507 e. The smallest absolute Gasteiger partial charge is 0.339 e. The fourth-order valence-corrected chi connectivity index (χ4v) is 3.40. The van der Waals surface area contributed by atoms with E-state index >= 15 is 0 Å². The molecule has 2 N–H and O–H groups in total. The van der Waals surface area contributed by atoms with Crippen LogP contribution in [0.4, 0.5) is 0 Å². The van der Waals surface area contributed by atoms with E-state index in [-0.39, 0.29) is 17.9 Å². The first-order chi connectivity index (χ1) is 16.0. The predicted octanol–water partition coefficient (Wildman–Crippen LogP) is 6.22. The number of carboxylic acids is 1. The van der Waals surface area contributed by atoms with Gasteiger partial charge in [0, 0.05) is 0 Å². The zero-order chi connectivity index (χ0) is 23.2. The third-order valence-corrected chi connectivity index (χ3v) is 5.22. The molecule has 4 rings (SSSR count). The first-order valence-corrected chi connectivity index (χ1v) is 10.5. The molecule has 0 radical (unpaired) electrons. The SMILES string of the molecule is Cc1ccc(COc2cccc(-c3cccc(COc4ccc(O)c(C(=O)O)c4)c3)c2)cc1. The standard InChI is InChI=1S/C28H24O5/c1-19-8-10-20(11-9-19)17-32-24-7-3-6-23(15-24)22-5-2-4-21(14-22)18-33-25-12-13-27(29)26(16-25)28(30)31/h2-16,29H,17-18H2,1H3,(H,30,31). The minimum Gasteiger partial charge on any atom is -0.507 e. The average Bonchev–Trinajstić information content (AvgIpc) is 2.83. The number of benzene rings is 4. The monoisotopic (exact) mass is 440 g/mol. The molecular formula is C28H24O5. The summed E-state index contributed by atoms with van der Waals surface area (Å²) in [4.78, 5) is 11.2. The summed E-state index contributed by atoms with van der Waals surface area (Å²) in [5.41, 5.74) is 5.12. The lowest BCUT2D eigenvalue weighted by molar-refractivity contribution is 0.0693. The maximum atomic E-state index is 11.2. The third-order valence-electron chi connectivity index (χ3n) is 5.22. The van der Waals surface area contributed by atoms with Gasteiger partial charge in [-0.25, -0.2) is 4.79 Å². The van der Waals surface area contributed by atoms with Crippen LogP contribution in [-0.4, -0.2) is 16.2 Å². The summed E-state index contributed by atoms with van der Waals surface area (Å²) in [5, 5.41) is 18.8. The number of ether oxygens (including phenoxy) is 2. The molecule has 33 heavy (non-hydrogen) atoms. The molecule has 5 heteroatoms. The Bertz CT molecular complexity index is 1260. The van der Waals surface area contributed by atoms with Crippen LogP contribution in [0.15, 0.2) is 91.0 Å². The van der Waals surface area contributed by atoms with Crippen molar-refractivity contribution in [2.24, 2.45) is 0 Å². The van der Waals surface area contributed by atoms with Gasteiger partial charge in [0.15, 0.2) is 0 Å². The van der Waals surface area contributed by atoms with Gasteiger partial charge in [-0.3, -0.25) is 0 Å². The topological polar surface area (TPSA) is 76.0 Å². The van der Waals surface area contributed by atoms with Crippen LogP contribution in [0.2, 0.25) is 0 Å². The minimum atomic E-state index is -1.20. The van der Waals surface area contributed by atoms with E-state index in [1.165, 1.54) is 17.7 Å². The van der Waals surface area contributed by atoms with Crippen LogP contribution in [0.3, 0.4) is 0 Å². The van der Waals surface area contributed by atoms with Crippen LogP contribution in [0.1, 0.15) is 27.0 Å². The quantitative estimate of drug-likeness (QED) is 0.340. The van der Waals surface area contributed by atoms with E-state index in [1.807, 2.05) is 48.5 Å². The molecular weight excluding hydrogens is 416 g/mol. The zero-order valence-corrected chi connectivity index (χ0v) is 18.2. The van der Waals surface area contributed by atoms with Gasteiger partial charge >= 0.3 is 5.97 Å². The molecule has 0 aromatic heterocycles. The zero-order valence-electron chi connectivity index (χ0n) is 18.2. The van der Waals surface area contributed by atoms with Crippen LogP contribution >= 0.6 is 0 Å². The second-order valence-corrected chi connectivity index (χ2v) is 7.78. The first kappa shape index (κ1) is 22.0. The van der Waals surface area contributed by atoms with E-state index in [4.69, 9.17) is 14.6 Å². The Labute approximate surface area is 192 Å². The number of carbonyl (C=O) groups is 1. The summed E-state index contributed by atoms with van der Waals surface area (Å²) in [5.74, 6) is -0.326. The summed E-state index contributed by atoms with van der Waals surface area (Å²) in [7, 11) is 0. The fourth-order valence-electron chi connectivity index (χ4n) is 3.40. The van der Waals surface area contributed by atoms with Crippen LogP contribution < -0.4 is 9.47 Å². The van der Waals surface area contributed by atoms with Gasteiger partial charge < -0.3 is 19.7 Å². The molecule has 0 fully saturated rings. The van der Waals surface area contributed by atoms with Gasteiger partial charge in [-0.2, -0.15) is 0 Å². The molecule has 0 aliphatic rings. The molecule has 0 saturated heterocycles. The molecule has 0 saturated carbocycles. The van der Waals surface area contributed by atoms with Crippen molar-refractivity contribution in [3.05, 3.63) is 113 Å². The number of aromatic hydroxyl groups is 1. The van der Waals surface area contributed by atoms with E-state index in [0.29, 0.717) is 12.4 Å². The number of hydrogen-bond acceptors (Lipinski definition) is 4. The third kappa shape index (κ3) is 5.71. The molecule has 5 nitrogen and oxygen atoms in total. The lowest BCUT2D eigenvalue weighted by atomic mass is 10.0. The highest BCUT2D eigenvalue weighted by molar-refractivity contribution is 5.91. The first-order valence-electron chi connectivity index (χ1n) is 10.5. The highest BCUT2D eigenvalue weighted by Crippen LogP contribution is 2.27. The summed E-state index contributed by atoms with van der Waals surface area (Å²) in [6.45, 7) is 2.83. The van der Waals surface area contributed by atoms with Gasteiger partial charge in [0.05, 0.1) is 0 Å². The molecule has 4 aromatic rings. The molecule has 0 spiro atoms. The maximum Gasteiger partial charge on any atom is 0.339 e. The van der Waals surface area contributed by atoms with Gasteiger partial charge in [-0.05, 0) is 65.6 Å². The van der Waals surface area contributed by atoms with Crippen molar-refractivity contribution in [2.75, 3.05) is 0 Å². The lowest BCUT2D eigenvalue weighted by Gasteiger charge is -2.11. The Morgan fingerprint density at radius 3 is 2.09 bits per heavy atom. The molecule has 0 aliphatic heterocycles. The number of aromatic carboxylic acids is 1. The van der Waals surface area contributed by atoms with Crippen molar-refractivity contribution >= 4 is 5.97 Å². The fraction of sp³-hybridized carbons (Fsp3) is 0.107. The summed E-state index contributed by atoms with van der Waals surface area (Å²) < 4.78 is 11.7. The number of aryl methyl sites for hydroxylation is 1. The molecule has 0 unspecified atom stereocenters. The van der Waals surface area contributed by atoms with Crippen molar-refractivity contribution in [3.8, 4) is 28.4 Å². The Kier molecular flexibility index (Phi) is 6.60. The summed E-state index contributed by atoms with van der Waals surface area (Å²) in [6, 6.07) is 28.3. The van der Waals surface area contributed by atoms with Crippen LogP contribution in [0.5, 0.6) is 17.2 Å². The summed E-state index contributed by atoms with van der Waals surface area (Å²) in [6.07, 6.45) is 0. The highest BCUT2D eigenvalue weighted by atomic mass is 16.5. The van der Waals surface area contributed by atoms with E-state index in [2.05, 4.69) is 31.2 Å². The van der Waals surface area contributed by atoms with Gasteiger partial charge in [0.2, 0.25) is 0 Å². The summed E-state index contributed by atoms with van der Waals surface area (Å²) >= 11 is 0. The van der Waals surface area contributed by atoms with Gasteiger partial charge in [-0.1, -0.05) is 60.2 Å². The lowest BCUT2D eigenvalue weighted by Crippen LogP contribution is -2.00. The van der Waals surface area contributed by atoms with Crippen molar-refractivity contribution in [1.82, 2.24) is 0 Å². The van der Waals surface area contributed by atoms with Crippen LogP contribution in [0.25, 0.3) is 11.1 Å². The number of carboxylic acid groups (broad SMARTS) is 1. The number of rotatable bonds is 8. The Hall–Kier alpha value is -4.25. The Balaban J connectivity index is 1.44. The normalized spacial score (nSPS) is 10.6. The highest BCUT2D eigenvalue weighted by Gasteiger charge is 2.11. The second kappa shape index (κ2) is 9.92. The Morgan fingerprint density at radius 1 is 0.727 bits per heavy atom. The van der Waals surface area contributed by atoms with Gasteiger partial charge in [-0.15, -0.1) is 0 Å². The number of phenols is 1. The minimum absolute atomic E-state index is 0.191. The predicted molar refractivity (Wildman–Crippen MR) is 127 cm³/mol. The molecule has 0 aliphatic carbocycles. The van der Waals surface area contributed by atoms with E-state index in [9.17, 15) is 9.90 Å². The van der Waals surface area contributed by atoms with Gasteiger partial charge in [0.1, 0.15) is 36.0 Å². The Morgan fingerprint density at radius 2 is 1.36 bits per heavy atom. The molecule has 0 atom stereocenters. The molecule has 0 heterocycles. The molecule has 4 aromatic carbocycles. The van der Waals surface area contributed by atoms with Crippen molar-refractivity contribution < 1.29 is 24.5 Å². The van der Waals surface area contributed by atoms with Crippen molar-refractivity contribution in [3.63, 3.8) is 0 Å². The van der Waals surface area contributed by atoms with Crippen molar-refractivity contribution in [2.45, 2.75) is 20.1 Å². The second-order valence-electron chi connectivity index (χ2n) is 7.78. The maximum absolute atomic E-state index is 11.2. The van der Waals surface area contributed by atoms with E-state index in [1.54, 1.807) is 6.07 Å². The van der Waals surface area contributed by atoms with Crippen LogP contribution in [-0.2, 0) is 13.2 Å². The van der Waals surface area contributed by atoms with Gasteiger partial charge in [0.25, 0.3) is 0 Å². The van der Waals surface area contributed by atoms with E-state index in [0.717, 1.165) is 28.0 Å². The van der Waals surface area contributed by atoms with Crippen molar-refractivity contribution in [1.29, 1.82) is 0 Å². The average molecular weight is 440 g/mol. The molecule has 166 valence electrons. The molecule has 0 bridgehead atoms. The number of hydrogen-bond donors (Lipinski definition) is 2. The van der Waals surface area contributed by atoms with Crippen LogP contribution in [0, 0.1) is 6.92 Å². The van der Waals surface area contributed by atoms with E-state index < -0.39 is 5.97 Å². The molecule has 0 amide bonds.